The Labute approximate surface area is 127 Å². The van der Waals surface area contributed by atoms with Crippen LogP contribution in [0.25, 0.3) is 0 Å². The second-order valence-electron chi connectivity index (χ2n) is 5.16. The van der Waals surface area contributed by atoms with Gasteiger partial charge in [0, 0.05) is 6.54 Å². The molecule has 0 saturated carbocycles. The fourth-order valence-corrected chi connectivity index (χ4v) is 2.80. The first kappa shape index (κ1) is 14.4. The number of nitrogens with zero attached hydrogens (tertiary/aromatic N) is 3. The summed E-state index contributed by atoms with van der Waals surface area (Å²) in [6.45, 7) is 0.849. The van der Waals surface area contributed by atoms with E-state index in [2.05, 4.69) is 19.6 Å². The van der Waals surface area contributed by atoms with E-state index in [0.29, 0.717) is 0 Å². The largest absolute Gasteiger partial charge is 0.463 e. The van der Waals surface area contributed by atoms with E-state index in [1.165, 1.54) is 13.2 Å². The zero-order valence-corrected chi connectivity index (χ0v) is 12.2. The number of carbonyl (C=O) groups is 1. The molecule has 0 amide bonds. The fraction of sp³-hybridized carbons (Fsp3) is 0.312. The van der Waals surface area contributed by atoms with Crippen molar-refractivity contribution in [1.29, 1.82) is 0 Å². The van der Waals surface area contributed by atoms with Crippen molar-refractivity contribution >= 4 is 11.7 Å². The molecular weight excluding hydrogens is 285 g/mol. The quantitative estimate of drug-likeness (QED) is 0.816. The van der Waals surface area contributed by atoms with Gasteiger partial charge in [-0.05, 0) is 30.5 Å². The number of benzene rings is 1. The van der Waals surface area contributed by atoms with Crippen LogP contribution in [0.5, 0.6) is 0 Å². The Balaban J connectivity index is 1.85. The lowest BCUT2D eigenvalue weighted by atomic mass is 10.0. The second kappa shape index (κ2) is 6.09. The molecule has 0 N–H and O–H groups in total. The molecule has 1 aromatic carbocycles. The third kappa shape index (κ3) is 2.77. The number of anilines is 1. The molecule has 0 spiro atoms. The molecule has 1 aliphatic heterocycles. The van der Waals surface area contributed by atoms with Crippen molar-refractivity contribution in [2.45, 2.75) is 18.9 Å². The number of methoxy groups -OCH3 is 1. The fourth-order valence-electron chi connectivity index (χ4n) is 2.80. The van der Waals surface area contributed by atoms with Crippen LogP contribution in [0.2, 0.25) is 0 Å². The van der Waals surface area contributed by atoms with Crippen LogP contribution in [-0.2, 0) is 4.74 Å². The van der Waals surface area contributed by atoms with Gasteiger partial charge in [-0.2, -0.15) is 0 Å². The van der Waals surface area contributed by atoms with E-state index in [-0.39, 0.29) is 17.7 Å². The predicted octanol–water partition coefficient (Wildman–Crippen LogP) is 2.74. The highest BCUT2D eigenvalue weighted by Crippen LogP contribution is 2.35. The Kier molecular flexibility index (Phi) is 4.00. The van der Waals surface area contributed by atoms with Crippen molar-refractivity contribution in [2.75, 3.05) is 18.6 Å². The van der Waals surface area contributed by atoms with E-state index in [9.17, 15) is 9.18 Å². The standard InChI is InChI=1S/C16H16FN3O2/c1-22-16(21)15-18-9-13(10-19-15)20-7-3-6-14(20)11-4-2-5-12(17)8-11/h2,4-5,8-10,14H,3,6-7H2,1H3. The molecule has 0 bridgehead atoms. The number of hydrogen-bond donors (Lipinski definition) is 0. The summed E-state index contributed by atoms with van der Waals surface area (Å²) in [7, 11) is 1.29. The van der Waals surface area contributed by atoms with Crippen LogP contribution in [-0.4, -0.2) is 29.6 Å². The summed E-state index contributed by atoms with van der Waals surface area (Å²) in [6.07, 6.45) is 5.18. The lowest BCUT2D eigenvalue weighted by molar-refractivity contribution is 0.0586. The van der Waals surface area contributed by atoms with Crippen LogP contribution >= 0.6 is 0 Å². The highest BCUT2D eigenvalue weighted by atomic mass is 19.1. The molecule has 1 atom stereocenters. The first-order valence-electron chi connectivity index (χ1n) is 7.11. The average Bonchev–Trinajstić information content (AvgIpc) is 3.04. The van der Waals surface area contributed by atoms with Gasteiger partial charge in [-0.3, -0.25) is 0 Å². The van der Waals surface area contributed by atoms with Gasteiger partial charge in [0.05, 0.1) is 31.2 Å². The summed E-state index contributed by atoms with van der Waals surface area (Å²) >= 11 is 0. The van der Waals surface area contributed by atoms with Gasteiger partial charge in [0.15, 0.2) is 0 Å². The topological polar surface area (TPSA) is 55.3 Å². The Hall–Kier alpha value is -2.50. The van der Waals surface area contributed by atoms with Crippen LogP contribution in [0.15, 0.2) is 36.7 Å². The monoisotopic (exact) mass is 301 g/mol. The number of esters is 1. The number of ether oxygens (including phenoxy) is 1. The van der Waals surface area contributed by atoms with E-state index in [1.54, 1.807) is 24.5 Å². The molecule has 3 rings (SSSR count). The summed E-state index contributed by atoms with van der Waals surface area (Å²) in [5, 5.41) is 0. The number of halogens is 1. The zero-order chi connectivity index (χ0) is 15.5. The van der Waals surface area contributed by atoms with E-state index in [0.717, 1.165) is 30.6 Å². The normalized spacial score (nSPS) is 17.5. The Morgan fingerprint density at radius 3 is 2.82 bits per heavy atom. The highest BCUT2D eigenvalue weighted by molar-refractivity contribution is 5.85. The van der Waals surface area contributed by atoms with Crippen LogP contribution < -0.4 is 4.90 Å². The Morgan fingerprint density at radius 1 is 1.36 bits per heavy atom. The Morgan fingerprint density at radius 2 is 2.14 bits per heavy atom. The van der Waals surface area contributed by atoms with E-state index >= 15 is 0 Å². The van der Waals surface area contributed by atoms with Crippen LogP contribution in [0.1, 0.15) is 35.1 Å². The first-order valence-corrected chi connectivity index (χ1v) is 7.11. The summed E-state index contributed by atoms with van der Waals surface area (Å²) in [6, 6.07) is 6.75. The molecule has 114 valence electrons. The minimum atomic E-state index is -0.561. The molecule has 1 aliphatic rings. The maximum absolute atomic E-state index is 13.4. The SMILES string of the molecule is COC(=O)c1ncc(N2CCCC2c2cccc(F)c2)cn1. The van der Waals surface area contributed by atoms with E-state index in [4.69, 9.17) is 0 Å². The van der Waals surface area contributed by atoms with Crippen LogP contribution in [0.3, 0.4) is 0 Å². The molecule has 22 heavy (non-hydrogen) atoms. The highest BCUT2D eigenvalue weighted by Gasteiger charge is 2.27. The maximum Gasteiger partial charge on any atom is 0.376 e. The third-order valence-corrected chi connectivity index (χ3v) is 3.82. The molecule has 6 heteroatoms. The molecule has 0 radical (unpaired) electrons. The van der Waals surface area contributed by atoms with Crippen molar-refractivity contribution < 1.29 is 13.9 Å². The molecule has 5 nitrogen and oxygen atoms in total. The minimum Gasteiger partial charge on any atom is -0.463 e. The van der Waals surface area contributed by atoms with E-state index in [1.807, 2.05) is 6.07 Å². The zero-order valence-electron chi connectivity index (χ0n) is 12.2. The number of carbonyl (C=O) groups excluding carboxylic acids is 1. The van der Waals surface area contributed by atoms with Gasteiger partial charge in [0.1, 0.15) is 5.82 Å². The van der Waals surface area contributed by atoms with Gasteiger partial charge in [-0.1, -0.05) is 12.1 Å². The maximum atomic E-state index is 13.4. The van der Waals surface area contributed by atoms with Gasteiger partial charge >= 0.3 is 5.97 Å². The lowest BCUT2D eigenvalue weighted by Gasteiger charge is -2.26. The Bertz CT molecular complexity index is 675. The van der Waals surface area contributed by atoms with Crippen molar-refractivity contribution in [1.82, 2.24) is 9.97 Å². The average molecular weight is 301 g/mol. The summed E-state index contributed by atoms with van der Waals surface area (Å²) < 4.78 is 18.0. The van der Waals surface area contributed by atoms with Gasteiger partial charge in [0.2, 0.25) is 5.82 Å². The van der Waals surface area contributed by atoms with Crippen molar-refractivity contribution in [3.63, 3.8) is 0 Å². The third-order valence-electron chi connectivity index (χ3n) is 3.82. The minimum absolute atomic E-state index is 0.0350. The number of aromatic nitrogens is 2. The molecular formula is C16H16FN3O2. The number of rotatable bonds is 3. The van der Waals surface area contributed by atoms with Crippen LogP contribution in [0, 0.1) is 5.82 Å². The lowest BCUT2D eigenvalue weighted by Crippen LogP contribution is -2.23. The number of hydrogen-bond acceptors (Lipinski definition) is 5. The van der Waals surface area contributed by atoms with Gasteiger partial charge < -0.3 is 9.64 Å². The van der Waals surface area contributed by atoms with Gasteiger partial charge in [-0.25, -0.2) is 19.2 Å². The van der Waals surface area contributed by atoms with Crippen molar-refractivity contribution in [2.24, 2.45) is 0 Å². The van der Waals surface area contributed by atoms with Crippen LogP contribution in [0.4, 0.5) is 10.1 Å². The van der Waals surface area contributed by atoms with Crippen molar-refractivity contribution in [3.05, 3.63) is 53.9 Å². The molecule has 2 aromatic rings. The molecule has 2 heterocycles. The van der Waals surface area contributed by atoms with Gasteiger partial charge in [0.25, 0.3) is 0 Å². The van der Waals surface area contributed by atoms with Gasteiger partial charge in [-0.15, -0.1) is 0 Å². The smallest absolute Gasteiger partial charge is 0.376 e. The summed E-state index contributed by atoms with van der Waals surface area (Å²) in [4.78, 5) is 21.6. The predicted molar refractivity (Wildman–Crippen MR) is 79.1 cm³/mol. The summed E-state index contributed by atoms with van der Waals surface area (Å²) in [5.74, 6) is -0.760. The summed E-state index contributed by atoms with van der Waals surface area (Å²) in [5.41, 5.74) is 1.76. The molecule has 1 saturated heterocycles. The van der Waals surface area contributed by atoms with Crippen molar-refractivity contribution in [3.8, 4) is 0 Å². The molecule has 1 fully saturated rings. The second-order valence-corrected chi connectivity index (χ2v) is 5.16. The molecule has 1 unspecified atom stereocenters. The first-order chi connectivity index (χ1) is 10.7. The van der Waals surface area contributed by atoms with E-state index < -0.39 is 5.97 Å². The molecule has 0 aliphatic carbocycles. The molecule has 1 aromatic heterocycles.